The minimum atomic E-state index is -0.982. The second kappa shape index (κ2) is 5.66. The molecule has 2 aromatic carbocycles. The maximum atomic E-state index is 11.2. The molecule has 4 nitrogen and oxygen atoms in total. The summed E-state index contributed by atoms with van der Waals surface area (Å²) in [6.07, 6.45) is 0.801. The van der Waals surface area contributed by atoms with Gasteiger partial charge in [0, 0.05) is 11.4 Å². The minimum Gasteiger partial charge on any atom is -0.488 e. The molecule has 2 N–H and O–H groups in total. The van der Waals surface area contributed by atoms with E-state index in [1.165, 1.54) is 11.6 Å². The summed E-state index contributed by atoms with van der Waals surface area (Å²) in [7, 11) is 0. The van der Waals surface area contributed by atoms with Gasteiger partial charge in [-0.1, -0.05) is 29.8 Å². The predicted molar refractivity (Wildman–Crippen MR) is 81.5 cm³/mol. The van der Waals surface area contributed by atoms with Crippen molar-refractivity contribution in [1.29, 1.82) is 0 Å². The van der Waals surface area contributed by atoms with Crippen molar-refractivity contribution in [3.05, 3.63) is 58.6 Å². The van der Waals surface area contributed by atoms with Crippen molar-refractivity contribution < 1.29 is 14.6 Å². The smallest absolute Gasteiger partial charge is 0.337 e. The number of nitrogens with one attached hydrogen (secondary N) is 1. The average Bonchev–Trinajstić information content (AvgIpc) is 2.87. The zero-order valence-corrected chi connectivity index (χ0v) is 11.9. The largest absolute Gasteiger partial charge is 0.488 e. The van der Waals surface area contributed by atoms with E-state index < -0.39 is 5.97 Å². The predicted octanol–water partition coefficient (Wildman–Crippen LogP) is 3.45. The Labute approximate surface area is 127 Å². The summed E-state index contributed by atoms with van der Waals surface area (Å²) in [5.74, 6) is -0.0846. The maximum absolute atomic E-state index is 11.2. The number of para-hydroxylation sites is 1. The molecule has 1 heterocycles. The molecule has 0 saturated heterocycles. The fourth-order valence-corrected chi connectivity index (χ4v) is 2.61. The van der Waals surface area contributed by atoms with Crippen molar-refractivity contribution in [2.45, 2.75) is 12.5 Å². The topological polar surface area (TPSA) is 58.6 Å². The SMILES string of the molecule is O=C(O)c1ccc(Cl)cc1NCC1Cc2ccccc2O1. The van der Waals surface area contributed by atoms with Gasteiger partial charge in [-0.3, -0.25) is 0 Å². The van der Waals surface area contributed by atoms with Gasteiger partial charge in [-0.25, -0.2) is 4.79 Å². The number of carboxylic acid groups (broad SMARTS) is 1. The molecule has 2 aromatic rings. The number of aromatic carboxylic acids is 1. The van der Waals surface area contributed by atoms with Crippen molar-refractivity contribution in [1.82, 2.24) is 0 Å². The zero-order valence-electron chi connectivity index (χ0n) is 11.2. The summed E-state index contributed by atoms with van der Waals surface area (Å²) in [6, 6.07) is 12.6. The van der Waals surface area contributed by atoms with Gasteiger partial charge in [0.1, 0.15) is 11.9 Å². The van der Waals surface area contributed by atoms with E-state index in [0.717, 1.165) is 12.2 Å². The summed E-state index contributed by atoms with van der Waals surface area (Å²) < 4.78 is 5.82. The Hall–Kier alpha value is -2.20. The first-order chi connectivity index (χ1) is 10.1. The lowest BCUT2D eigenvalue weighted by molar-refractivity contribution is 0.0698. The molecule has 1 aliphatic heterocycles. The van der Waals surface area contributed by atoms with E-state index in [-0.39, 0.29) is 11.7 Å². The molecule has 0 amide bonds. The number of hydrogen-bond donors (Lipinski definition) is 2. The number of fused-ring (bicyclic) bond motifs is 1. The van der Waals surface area contributed by atoms with Gasteiger partial charge in [0.2, 0.25) is 0 Å². The molecule has 0 spiro atoms. The molecular weight excluding hydrogens is 290 g/mol. The average molecular weight is 304 g/mol. The van der Waals surface area contributed by atoms with Crippen molar-refractivity contribution in [2.75, 3.05) is 11.9 Å². The third-order valence-corrected chi connectivity index (χ3v) is 3.68. The Morgan fingerprint density at radius 1 is 1.33 bits per heavy atom. The summed E-state index contributed by atoms with van der Waals surface area (Å²) in [6.45, 7) is 0.523. The maximum Gasteiger partial charge on any atom is 0.337 e. The van der Waals surface area contributed by atoms with Crippen LogP contribution in [-0.2, 0) is 6.42 Å². The van der Waals surface area contributed by atoms with Crippen molar-refractivity contribution in [2.24, 2.45) is 0 Å². The molecule has 0 aromatic heterocycles. The lowest BCUT2D eigenvalue weighted by Crippen LogP contribution is -2.24. The fraction of sp³-hybridized carbons (Fsp3) is 0.188. The molecule has 0 saturated carbocycles. The minimum absolute atomic E-state index is 0.0111. The van der Waals surface area contributed by atoms with E-state index in [2.05, 4.69) is 5.32 Å². The van der Waals surface area contributed by atoms with E-state index in [4.69, 9.17) is 16.3 Å². The first-order valence-corrected chi connectivity index (χ1v) is 7.02. The molecule has 3 rings (SSSR count). The number of rotatable bonds is 4. The first-order valence-electron chi connectivity index (χ1n) is 6.65. The van der Waals surface area contributed by atoms with Gasteiger partial charge in [0.05, 0.1) is 17.8 Å². The number of hydrogen-bond acceptors (Lipinski definition) is 3. The molecule has 1 atom stereocenters. The third-order valence-electron chi connectivity index (χ3n) is 3.45. The number of halogens is 1. The van der Waals surface area contributed by atoms with E-state index in [9.17, 15) is 9.90 Å². The van der Waals surface area contributed by atoms with Crippen molar-refractivity contribution >= 4 is 23.3 Å². The normalized spacial score (nSPS) is 16.1. The highest BCUT2D eigenvalue weighted by molar-refractivity contribution is 6.31. The fourth-order valence-electron chi connectivity index (χ4n) is 2.44. The van der Waals surface area contributed by atoms with Crippen LogP contribution in [0.3, 0.4) is 0 Å². The van der Waals surface area contributed by atoms with Crippen LogP contribution >= 0.6 is 11.6 Å². The summed E-state index contributed by atoms with van der Waals surface area (Å²) in [5, 5.41) is 12.8. The Kier molecular flexibility index (Phi) is 3.71. The van der Waals surface area contributed by atoms with Gasteiger partial charge in [-0.15, -0.1) is 0 Å². The van der Waals surface area contributed by atoms with Crippen LogP contribution in [0.1, 0.15) is 15.9 Å². The van der Waals surface area contributed by atoms with Gasteiger partial charge in [0.25, 0.3) is 0 Å². The van der Waals surface area contributed by atoms with Crippen molar-refractivity contribution in [3.63, 3.8) is 0 Å². The monoisotopic (exact) mass is 303 g/mol. The molecular formula is C16H14ClNO3. The summed E-state index contributed by atoms with van der Waals surface area (Å²) >= 11 is 5.93. The molecule has 108 valence electrons. The molecule has 1 aliphatic rings. The van der Waals surface area contributed by atoms with E-state index in [1.807, 2.05) is 24.3 Å². The van der Waals surface area contributed by atoms with E-state index >= 15 is 0 Å². The molecule has 21 heavy (non-hydrogen) atoms. The molecule has 0 aliphatic carbocycles. The van der Waals surface area contributed by atoms with Crippen LogP contribution in [0.5, 0.6) is 5.75 Å². The summed E-state index contributed by atoms with van der Waals surface area (Å²) in [4.78, 5) is 11.2. The number of benzene rings is 2. The molecule has 0 bridgehead atoms. The standard InChI is InChI=1S/C16H14ClNO3/c17-11-5-6-13(16(19)20)14(8-11)18-9-12-7-10-3-1-2-4-15(10)21-12/h1-6,8,12,18H,7,9H2,(H,19,20). The second-order valence-corrected chi connectivity index (χ2v) is 5.36. The molecule has 1 unspecified atom stereocenters. The van der Waals surface area contributed by atoms with Crippen LogP contribution in [0.25, 0.3) is 0 Å². The Balaban J connectivity index is 1.69. The van der Waals surface area contributed by atoms with Crippen LogP contribution in [0.4, 0.5) is 5.69 Å². The van der Waals surface area contributed by atoms with Gasteiger partial charge in [-0.05, 0) is 29.8 Å². The second-order valence-electron chi connectivity index (χ2n) is 4.93. The highest BCUT2D eigenvalue weighted by Crippen LogP contribution is 2.29. The Morgan fingerprint density at radius 3 is 2.90 bits per heavy atom. The van der Waals surface area contributed by atoms with Gasteiger partial charge >= 0.3 is 5.97 Å². The number of carbonyl (C=O) groups is 1. The quantitative estimate of drug-likeness (QED) is 0.908. The summed E-state index contributed by atoms with van der Waals surface area (Å²) in [5.41, 5.74) is 1.89. The van der Waals surface area contributed by atoms with Gasteiger partial charge < -0.3 is 15.2 Å². The lowest BCUT2D eigenvalue weighted by atomic mass is 10.1. The molecule has 5 heteroatoms. The van der Waals surface area contributed by atoms with Gasteiger partial charge in [0.15, 0.2) is 0 Å². The highest BCUT2D eigenvalue weighted by Gasteiger charge is 2.22. The van der Waals surface area contributed by atoms with Crippen LogP contribution < -0.4 is 10.1 Å². The van der Waals surface area contributed by atoms with E-state index in [0.29, 0.717) is 17.3 Å². The first kappa shape index (κ1) is 13.8. The van der Waals surface area contributed by atoms with E-state index in [1.54, 1.807) is 12.1 Å². The molecule has 0 fully saturated rings. The van der Waals surface area contributed by atoms with Crippen molar-refractivity contribution in [3.8, 4) is 5.75 Å². The number of carboxylic acids is 1. The van der Waals surface area contributed by atoms with Crippen LogP contribution in [-0.4, -0.2) is 23.7 Å². The van der Waals surface area contributed by atoms with Gasteiger partial charge in [-0.2, -0.15) is 0 Å². The van der Waals surface area contributed by atoms with Crippen LogP contribution in [0.15, 0.2) is 42.5 Å². The van der Waals surface area contributed by atoms with Crippen LogP contribution in [0.2, 0.25) is 5.02 Å². The Bertz CT molecular complexity index is 662. The third kappa shape index (κ3) is 2.95. The zero-order chi connectivity index (χ0) is 14.8. The number of anilines is 1. The number of ether oxygens (including phenoxy) is 1. The highest BCUT2D eigenvalue weighted by atomic mass is 35.5. The lowest BCUT2D eigenvalue weighted by Gasteiger charge is -2.14. The van der Waals surface area contributed by atoms with Crippen LogP contribution in [0, 0.1) is 0 Å². The Morgan fingerprint density at radius 2 is 2.14 bits per heavy atom. The molecule has 0 radical (unpaired) electrons.